The first-order valence-electron chi connectivity index (χ1n) is 4.53. The highest BCUT2D eigenvalue weighted by Gasteiger charge is 2.35. The van der Waals surface area contributed by atoms with Crippen molar-refractivity contribution in [3.8, 4) is 0 Å². The Morgan fingerprint density at radius 1 is 1.67 bits per heavy atom. The quantitative estimate of drug-likeness (QED) is 0.605. The zero-order valence-electron chi connectivity index (χ0n) is 8.17. The average molecular weight is 170 g/mol. The van der Waals surface area contributed by atoms with Gasteiger partial charge < -0.3 is 9.47 Å². The first-order valence-corrected chi connectivity index (χ1v) is 4.53. The van der Waals surface area contributed by atoms with Crippen molar-refractivity contribution in [2.75, 3.05) is 6.61 Å². The predicted octanol–water partition coefficient (Wildman–Crippen LogP) is 2.35. The molecular weight excluding hydrogens is 152 g/mol. The van der Waals surface area contributed by atoms with Crippen molar-refractivity contribution >= 4 is 0 Å². The van der Waals surface area contributed by atoms with Crippen LogP contribution in [-0.2, 0) is 9.47 Å². The van der Waals surface area contributed by atoms with E-state index in [0.29, 0.717) is 12.5 Å². The van der Waals surface area contributed by atoms with E-state index >= 15 is 0 Å². The Labute approximate surface area is 74.6 Å². The van der Waals surface area contributed by atoms with Crippen LogP contribution in [0.15, 0.2) is 12.7 Å². The molecule has 1 aliphatic rings. The molecule has 2 atom stereocenters. The van der Waals surface area contributed by atoms with Gasteiger partial charge in [0, 0.05) is 5.92 Å². The van der Waals surface area contributed by atoms with E-state index in [1.807, 2.05) is 19.9 Å². The van der Waals surface area contributed by atoms with Gasteiger partial charge in [0.05, 0.1) is 12.7 Å². The molecular formula is C10H18O2. The van der Waals surface area contributed by atoms with Crippen LogP contribution < -0.4 is 0 Å². The molecule has 0 unspecified atom stereocenters. The third kappa shape index (κ3) is 2.08. The van der Waals surface area contributed by atoms with Crippen LogP contribution >= 0.6 is 0 Å². The lowest BCUT2D eigenvalue weighted by molar-refractivity contribution is -0.142. The summed E-state index contributed by atoms with van der Waals surface area (Å²) in [6, 6.07) is 0. The summed E-state index contributed by atoms with van der Waals surface area (Å²) in [7, 11) is 0. The molecule has 2 nitrogen and oxygen atoms in total. The van der Waals surface area contributed by atoms with Gasteiger partial charge in [-0.1, -0.05) is 13.0 Å². The van der Waals surface area contributed by atoms with Gasteiger partial charge >= 0.3 is 0 Å². The molecule has 0 bridgehead atoms. The molecule has 1 heterocycles. The summed E-state index contributed by atoms with van der Waals surface area (Å²) in [4.78, 5) is 0. The largest absolute Gasteiger partial charge is 0.348 e. The summed E-state index contributed by atoms with van der Waals surface area (Å²) in [6.07, 6.45) is 3.21. The summed E-state index contributed by atoms with van der Waals surface area (Å²) in [5, 5.41) is 0. The van der Waals surface area contributed by atoms with E-state index < -0.39 is 5.79 Å². The van der Waals surface area contributed by atoms with Crippen LogP contribution in [0, 0.1) is 5.92 Å². The minimum atomic E-state index is -0.402. The average Bonchev–Trinajstić information content (AvgIpc) is 2.34. The van der Waals surface area contributed by atoms with Gasteiger partial charge in [0.25, 0.3) is 0 Å². The highest BCUT2D eigenvalue weighted by Crippen LogP contribution is 2.28. The minimum Gasteiger partial charge on any atom is -0.348 e. The van der Waals surface area contributed by atoms with Crippen molar-refractivity contribution in [1.82, 2.24) is 0 Å². The van der Waals surface area contributed by atoms with Gasteiger partial charge in [-0.2, -0.15) is 0 Å². The lowest BCUT2D eigenvalue weighted by Crippen LogP contribution is -2.25. The molecule has 0 amide bonds. The maximum atomic E-state index is 5.70. The first-order chi connectivity index (χ1) is 5.59. The second kappa shape index (κ2) is 3.58. The van der Waals surface area contributed by atoms with Crippen LogP contribution in [0.25, 0.3) is 0 Å². The van der Waals surface area contributed by atoms with E-state index in [1.165, 1.54) is 0 Å². The Morgan fingerprint density at radius 3 is 2.67 bits per heavy atom. The molecule has 0 radical (unpaired) electrons. The van der Waals surface area contributed by atoms with Crippen molar-refractivity contribution in [2.24, 2.45) is 5.92 Å². The fraction of sp³-hybridized carbons (Fsp3) is 0.800. The predicted molar refractivity (Wildman–Crippen MR) is 48.9 cm³/mol. The van der Waals surface area contributed by atoms with E-state index in [9.17, 15) is 0 Å². The summed E-state index contributed by atoms with van der Waals surface area (Å²) in [5.74, 6) is 0.0212. The van der Waals surface area contributed by atoms with Crippen LogP contribution in [-0.4, -0.2) is 18.5 Å². The molecule has 2 heteroatoms. The molecule has 0 aromatic carbocycles. The van der Waals surface area contributed by atoms with Gasteiger partial charge in [0.15, 0.2) is 5.79 Å². The molecule has 70 valence electrons. The molecule has 0 aromatic rings. The smallest absolute Gasteiger partial charge is 0.163 e. The van der Waals surface area contributed by atoms with E-state index in [0.717, 1.165) is 6.42 Å². The molecule has 1 rings (SSSR count). The summed E-state index contributed by atoms with van der Waals surface area (Å²) < 4.78 is 11.2. The van der Waals surface area contributed by atoms with E-state index in [1.54, 1.807) is 0 Å². The van der Waals surface area contributed by atoms with E-state index in [-0.39, 0.29) is 6.10 Å². The molecule has 0 saturated carbocycles. The third-order valence-corrected chi connectivity index (χ3v) is 2.28. The van der Waals surface area contributed by atoms with E-state index in [4.69, 9.17) is 9.47 Å². The molecule has 0 N–H and O–H groups in total. The fourth-order valence-electron chi connectivity index (χ4n) is 1.51. The summed E-state index contributed by atoms with van der Waals surface area (Å²) >= 11 is 0. The highest BCUT2D eigenvalue weighted by molar-refractivity contribution is 4.87. The van der Waals surface area contributed by atoms with Crippen molar-refractivity contribution in [2.45, 2.75) is 39.1 Å². The zero-order valence-corrected chi connectivity index (χ0v) is 8.17. The van der Waals surface area contributed by atoms with Gasteiger partial charge in [-0.15, -0.1) is 6.58 Å². The summed E-state index contributed by atoms with van der Waals surface area (Å²) in [5.41, 5.74) is 0. The fourth-order valence-corrected chi connectivity index (χ4v) is 1.51. The topological polar surface area (TPSA) is 18.5 Å². The lowest BCUT2D eigenvalue weighted by Gasteiger charge is -2.20. The van der Waals surface area contributed by atoms with Crippen molar-refractivity contribution in [1.29, 1.82) is 0 Å². The van der Waals surface area contributed by atoms with Crippen LogP contribution in [0.3, 0.4) is 0 Å². The molecule has 1 fully saturated rings. The van der Waals surface area contributed by atoms with Gasteiger partial charge in [0.1, 0.15) is 0 Å². The van der Waals surface area contributed by atoms with Crippen LogP contribution in [0.4, 0.5) is 0 Å². The van der Waals surface area contributed by atoms with Gasteiger partial charge in [-0.3, -0.25) is 0 Å². The number of hydrogen-bond acceptors (Lipinski definition) is 2. The minimum absolute atomic E-state index is 0.197. The standard InChI is InChI=1S/C10H18O2/c1-5-8(6-2)9-7-11-10(3,4)12-9/h5,8-9H,1,6-7H2,2-4H3/t8-,9+/m0/s1. The van der Waals surface area contributed by atoms with Crippen molar-refractivity contribution in [3.63, 3.8) is 0 Å². The van der Waals surface area contributed by atoms with Gasteiger partial charge in [-0.25, -0.2) is 0 Å². The van der Waals surface area contributed by atoms with Crippen molar-refractivity contribution < 1.29 is 9.47 Å². The molecule has 1 aliphatic heterocycles. The van der Waals surface area contributed by atoms with Crippen LogP contribution in [0.5, 0.6) is 0 Å². The first kappa shape index (κ1) is 9.75. The Balaban J connectivity index is 2.50. The molecule has 0 aromatic heterocycles. The third-order valence-electron chi connectivity index (χ3n) is 2.28. The van der Waals surface area contributed by atoms with Crippen LogP contribution in [0.2, 0.25) is 0 Å². The number of hydrogen-bond donors (Lipinski definition) is 0. The monoisotopic (exact) mass is 170 g/mol. The highest BCUT2D eigenvalue weighted by atomic mass is 16.7. The molecule has 1 saturated heterocycles. The Hall–Kier alpha value is -0.340. The van der Waals surface area contributed by atoms with E-state index in [2.05, 4.69) is 13.5 Å². The molecule has 12 heavy (non-hydrogen) atoms. The zero-order chi connectivity index (χ0) is 9.19. The SMILES string of the molecule is C=C[C@@H](CC)[C@H]1COC(C)(C)O1. The Morgan fingerprint density at radius 2 is 2.33 bits per heavy atom. The Kier molecular flexibility index (Phi) is 2.91. The Bertz CT molecular complexity index is 163. The number of ether oxygens (including phenoxy) is 2. The van der Waals surface area contributed by atoms with Crippen LogP contribution in [0.1, 0.15) is 27.2 Å². The second-order valence-electron chi connectivity index (χ2n) is 3.67. The molecule has 0 aliphatic carbocycles. The normalized spacial score (nSPS) is 30.1. The summed E-state index contributed by atoms with van der Waals surface area (Å²) in [6.45, 7) is 10.5. The maximum absolute atomic E-state index is 5.70. The van der Waals surface area contributed by atoms with Gasteiger partial charge in [0.2, 0.25) is 0 Å². The maximum Gasteiger partial charge on any atom is 0.163 e. The molecule has 0 spiro atoms. The number of rotatable bonds is 3. The van der Waals surface area contributed by atoms with Gasteiger partial charge in [-0.05, 0) is 20.3 Å². The lowest BCUT2D eigenvalue weighted by atomic mass is 10.0. The second-order valence-corrected chi connectivity index (χ2v) is 3.67. The van der Waals surface area contributed by atoms with Crippen molar-refractivity contribution in [3.05, 3.63) is 12.7 Å².